The van der Waals surface area contributed by atoms with E-state index in [1.54, 1.807) is 28.3 Å². The highest BCUT2D eigenvalue weighted by molar-refractivity contribution is 7.06. The number of amides is 1. The van der Waals surface area contributed by atoms with Crippen molar-refractivity contribution in [2.75, 3.05) is 5.32 Å². The summed E-state index contributed by atoms with van der Waals surface area (Å²) in [5.41, 5.74) is 0.658. The number of carbonyl (C=O) groups is 1. The van der Waals surface area contributed by atoms with Gasteiger partial charge in [-0.25, -0.2) is 0 Å². The number of hydrogen-bond acceptors (Lipinski definition) is 4. The minimum atomic E-state index is -0.182. The van der Waals surface area contributed by atoms with E-state index in [1.807, 2.05) is 42.5 Å². The Hall–Kier alpha value is -2.57. The lowest BCUT2D eigenvalue weighted by Gasteiger charge is -2.09. The van der Waals surface area contributed by atoms with E-state index >= 15 is 0 Å². The van der Waals surface area contributed by atoms with Crippen molar-refractivity contribution in [1.29, 1.82) is 5.41 Å². The first kappa shape index (κ1) is 17.8. The summed E-state index contributed by atoms with van der Waals surface area (Å²) in [4.78, 5) is 12.4. The number of ether oxygens (including phenoxy) is 1. The second-order valence-electron chi connectivity index (χ2n) is 4.83. The zero-order valence-corrected chi connectivity index (χ0v) is 14.2. The number of nitrogens with one attached hydrogen (secondary N) is 2. The fraction of sp³-hybridized carbons (Fsp3) is 0.0588. The summed E-state index contributed by atoms with van der Waals surface area (Å²) in [7, 11) is 0. The van der Waals surface area contributed by atoms with Gasteiger partial charge < -0.3 is 27.0 Å². The maximum atomic E-state index is 12.1. The molecule has 1 amide bonds. The molecule has 124 valence electrons. The molecule has 0 aliphatic heterocycles. The Bertz CT molecular complexity index is 861. The minimum absolute atomic E-state index is 0. The monoisotopic (exact) mass is 360 g/mol. The second-order valence-corrected chi connectivity index (χ2v) is 5.72. The van der Waals surface area contributed by atoms with Gasteiger partial charge in [-0.05, 0) is 24.3 Å². The van der Waals surface area contributed by atoms with Crippen molar-refractivity contribution in [3.8, 4) is 11.5 Å². The van der Waals surface area contributed by atoms with Crippen LogP contribution in [0.4, 0.5) is 5.69 Å². The van der Waals surface area contributed by atoms with Crippen LogP contribution in [0.15, 0.2) is 66.2 Å². The molecule has 0 aliphatic rings. The fourth-order valence-corrected chi connectivity index (χ4v) is 2.64. The van der Waals surface area contributed by atoms with Gasteiger partial charge in [-0.1, -0.05) is 24.3 Å². The molecule has 0 aliphatic carbocycles. The Morgan fingerprint density at radius 2 is 1.88 bits per heavy atom. The molecule has 7 heteroatoms. The molecule has 0 bridgehead atoms. The molecule has 1 heterocycles. The van der Waals surface area contributed by atoms with Gasteiger partial charge in [0.15, 0.2) is 4.80 Å². The van der Waals surface area contributed by atoms with Gasteiger partial charge in [0.2, 0.25) is 5.91 Å². The van der Waals surface area contributed by atoms with Crippen LogP contribution in [-0.2, 0) is 11.3 Å². The topological polar surface area (TPSA) is 67.1 Å². The Morgan fingerprint density at radius 1 is 1.12 bits per heavy atom. The SMILES string of the molecule is N=c1sccn1CC(=O)Nc1cccc(Oc2ccccc2)c1.[Cl-]. The summed E-state index contributed by atoms with van der Waals surface area (Å²) in [6, 6.07) is 16.7. The van der Waals surface area contributed by atoms with Crippen LogP contribution in [-0.4, -0.2) is 10.5 Å². The van der Waals surface area contributed by atoms with E-state index in [1.165, 1.54) is 11.3 Å². The highest BCUT2D eigenvalue weighted by atomic mass is 35.5. The van der Waals surface area contributed by atoms with E-state index in [9.17, 15) is 4.79 Å². The highest BCUT2D eigenvalue weighted by Crippen LogP contribution is 2.23. The van der Waals surface area contributed by atoms with Gasteiger partial charge in [0, 0.05) is 23.3 Å². The number of aromatic nitrogens is 1. The average molecular weight is 361 g/mol. The summed E-state index contributed by atoms with van der Waals surface area (Å²) < 4.78 is 7.33. The van der Waals surface area contributed by atoms with Crippen LogP contribution in [0.3, 0.4) is 0 Å². The number of carbonyl (C=O) groups excluding carboxylic acids is 1. The number of halogens is 1. The zero-order chi connectivity index (χ0) is 16.1. The van der Waals surface area contributed by atoms with Gasteiger partial charge in [0.1, 0.15) is 18.0 Å². The number of para-hydroxylation sites is 1. The molecular weight excluding hydrogens is 346 g/mol. The lowest BCUT2D eigenvalue weighted by Crippen LogP contribution is -3.00. The molecule has 0 radical (unpaired) electrons. The molecule has 0 unspecified atom stereocenters. The zero-order valence-electron chi connectivity index (χ0n) is 12.6. The van der Waals surface area contributed by atoms with Crippen molar-refractivity contribution in [2.24, 2.45) is 0 Å². The Labute approximate surface area is 149 Å². The molecule has 24 heavy (non-hydrogen) atoms. The van der Waals surface area contributed by atoms with Gasteiger partial charge in [-0.3, -0.25) is 10.2 Å². The summed E-state index contributed by atoms with van der Waals surface area (Å²) in [5.74, 6) is 1.21. The van der Waals surface area contributed by atoms with Crippen molar-refractivity contribution >= 4 is 22.9 Å². The largest absolute Gasteiger partial charge is 1.00 e. The lowest BCUT2D eigenvalue weighted by molar-refractivity contribution is -0.116. The molecule has 5 nitrogen and oxygen atoms in total. The van der Waals surface area contributed by atoms with Crippen molar-refractivity contribution in [3.05, 3.63) is 71.0 Å². The third-order valence-corrected chi connectivity index (χ3v) is 3.81. The molecule has 0 spiro atoms. The Kier molecular flexibility index (Phi) is 6.17. The number of benzene rings is 2. The first-order chi connectivity index (χ1) is 11.2. The van der Waals surface area contributed by atoms with Gasteiger partial charge in [0.05, 0.1) is 0 Å². The number of rotatable bonds is 5. The van der Waals surface area contributed by atoms with E-state index in [0.717, 1.165) is 5.75 Å². The third-order valence-electron chi connectivity index (χ3n) is 3.09. The van der Waals surface area contributed by atoms with Crippen LogP contribution in [0.5, 0.6) is 11.5 Å². The predicted octanol–water partition coefficient (Wildman–Crippen LogP) is 0.464. The standard InChI is InChI=1S/C17H15N3O2S.ClH/c18-17-20(9-10-23-17)12-16(21)19-13-5-4-8-15(11-13)22-14-6-2-1-3-7-14;/h1-11,18H,12H2,(H,19,21);1H/p-1. The predicted molar refractivity (Wildman–Crippen MR) is 89.8 cm³/mol. The molecule has 0 atom stereocenters. The van der Waals surface area contributed by atoms with Crippen LogP contribution < -0.4 is 27.3 Å². The van der Waals surface area contributed by atoms with Crippen LogP contribution in [0.1, 0.15) is 0 Å². The van der Waals surface area contributed by atoms with Crippen LogP contribution in [0.2, 0.25) is 0 Å². The van der Waals surface area contributed by atoms with Crippen molar-refractivity contribution in [3.63, 3.8) is 0 Å². The van der Waals surface area contributed by atoms with Gasteiger partial charge >= 0.3 is 0 Å². The molecule has 0 saturated heterocycles. The molecule has 3 rings (SSSR count). The quantitative estimate of drug-likeness (QED) is 0.694. The van der Waals surface area contributed by atoms with Crippen molar-refractivity contribution in [1.82, 2.24) is 4.57 Å². The van der Waals surface area contributed by atoms with Gasteiger partial charge in [-0.15, -0.1) is 11.3 Å². The Balaban J connectivity index is 0.00000208. The smallest absolute Gasteiger partial charge is 0.244 e. The molecule has 0 fully saturated rings. The highest BCUT2D eigenvalue weighted by Gasteiger charge is 2.06. The summed E-state index contributed by atoms with van der Waals surface area (Å²) >= 11 is 1.29. The number of anilines is 1. The van der Waals surface area contributed by atoms with E-state index in [0.29, 0.717) is 16.2 Å². The number of hydrogen-bond donors (Lipinski definition) is 2. The fourth-order valence-electron chi connectivity index (χ4n) is 2.05. The van der Waals surface area contributed by atoms with Crippen LogP contribution in [0.25, 0.3) is 0 Å². The van der Waals surface area contributed by atoms with E-state index < -0.39 is 0 Å². The summed E-state index contributed by atoms with van der Waals surface area (Å²) in [6.45, 7) is 0.117. The number of nitrogens with zero attached hydrogens (tertiary/aromatic N) is 1. The normalized spacial score (nSPS) is 9.83. The molecule has 2 N–H and O–H groups in total. The van der Waals surface area contributed by atoms with Crippen LogP contribution >= 0.6 is 11.3 Å². The van der Waals surface area contributed by atoms with E-state index in [2.05, 4.69) is 5.32 Å². The first-order valence-electron chi connectivity index (χ1n) is 7.02. The maximum Gasteiger partial charge on any atom is 0.244 e. The van der Waals surface area contributed by atoms with E-state index in [-0.39, 0.29) is 24.9 Å². The first-order valence-corrected chi connectivity index (χ1v) is 7.90. The second kappa shape index (κ2) is 8.33. The van der Waals surface area contributed by atoms with Crippen molar-refractivity contribution in [2.45, 2.75) is 6.54 Å². The maximum absolute atomic E-state index is 12.1. The average Bonchev–Trinajstić information content (AvgIpc) is 2.93. The molecule has 0 saturated carbocycles. The van der Waals surface area contributed by atoms with Crippen LogP contribution in [0, 0.1) is 5.41 Å². The van der Waals surface area contributed by atoms with E-state index in [4.69, 9.17) is 10.1 Å². The van der Waals surface area contributed by atoms with Gasteiger partial charge in [-0.2, -0.15) is 0 Å². The third kappa shape index (κ3) is 4.71. The van der Waals surface area contributed by atoms with Gasteiger partial charge in [0.25, 0.3) is 0 Å². The summed E-state index contributed by atoms with van der Waals surface area (Å²) in [6.07, 6.45) is 1.72. The minimum Gasteiger partial charge on any atom is -1.00 e. The number of thiazole rings is 1. The summed E-state index contributed by atoms with van der Waals surface area (Å²) in [5, 5.41) is 12.3. The molecule has 2 aromatic carbocycles. The molecule has 1 aromatic heterocycles. The van der Waals surface area contributed by atoms with Crippen molar-refractivity contribution < 1.29 is 21.9 Å². The Morgan fingerprint density at radius 3 is 2.58 bits per heavy atom. The molecular formula is C17H15ClN3O2S-. The lowest BCUT2D eigenvalue weighted by atomic mass is 10.3. The molecule has 3 aromatic rings.